The van der Waals surface area contributed by atoms with Crippen LogP contribution in [-0.4, -0.2) is 25.7 Å². The third kappa shape index (κ3) is 3.56. The number of anilines is 1. The number of hydrogen-bond acceptors (Lipinski definition) is 4. The Labute approximate surface area is 136 Å². The van der Waals surface area contributed by atoms with Crippen molar-refractivity contribution in [1.29, 1.82) is 0 Å². The van der Waals surface area contributed by atoms with Gasteiger partial charge in [0.15, 0.2) is 0 Å². The highest BCUT2D eigenvalue weighted by molar-refractivity contribution is 5.95. The molecule has 0 aromatic heterocycles. The average Bonchev–Trinajstić information content (AvgIpc) is 2.59. The lowest BCUT2D eigenvalue weighted by Crippen LogP contribution is -2.19. The molecule has 2 aliphatic rings. The number of fused-ring (bicyclic) bond motifs is 1. The second-order valence-electron chi connectivity index (χ2n) is 5.81. The Balaban J connectivity index is 1.69. The fourth-order valence-corrected chi connectivity index (χ4v) is 2.99. The maximum atomic E-state index is 11.1. The highest BCUT2D eigenvalue weighted by Crippen LogP contribution is 2.31. The van der Waals surface area contributed by atoms with Crippen molar-refractivity contribution in [3.05, 3.63) is 47.1 Å². The number of carbonyl (C=O) groups excluding carboxylic acids is 1. The minimum atomic E-state index is -0.396. The summed E-state index contributed by atoms with van der Waals surface area (Å²) < 4.78 is 11.4. The number of nitrogens with two attached hydrogens (primary N) is 1. The summed E-state index contributed by atoms with van der Waals surface area (Å²) >= 11 is 0. The molecule has 0 saturated heterocycles. The SMILES string of the molecule is COc1cc(COC2C=CC(C(N)=O)=CC2)c2c(c1)NCCC2. The Morgan fingerprint density at radius 1 is 1.43 bits per heavy atom. The monoisotopic (exact) mass is 314 g/mol. The number of benzene rings is 1. The first kappa shape index (κ1) is 15.6. The molecule has 0 spiro atoms. The smallest absolute Gasteiger partial charge is 0.248 e. The molecule has 1 heterocycles. The lowest BCUT2D eigenvalue weighted by Gasteiger charge is -2.23. The Morgan fingerprint density at radius 2 is 2.30 bits per heavy atom. The zero-order valence-electron chi connectivity index (χ0n) is 13.3. The van der Waals surface area contributed by atoms with Crippen LogP contribution < -0.4 is 15.8 Å². The lowest BCUT2D eigenvalue weighted by molar-refractivity contribution is -0.114. The molecule has 1 aliphatic heterocycles. The van der Waals surface area contributed by atoms with Gasteiger partial charge in [-0.25, -0.2) is 0 Å². The van der Waals surface area contributed by atoms with Gasteiger partial charge in [0, 0.05) is 23.9 Å². The molecule has 1 amide bonds. The van der Waals surface area contributed by atoms with Gasteiger partial charge in [-0.1, -0.05) is 18.2 Å². The number of primary amides is 1. The first-order chi connectivity index (χ1) is 11.2. The molecule has 1 atom stereocenters. The lowest BCUT2D eigenvalue weighted by atomic mass is 9.97. The minimum absolute atomic E-state index is 0.0310. The summed E-state index contributed by atoms with van der Waals surface area (Å²) in [5.41, 5.74) is 9.42. The Bertz CT molecular complexity index is 664. The van der Waals surface area contributed by atoms with E-state index in [4.69, 9.17) is 15.2 Å². The first-order valence-corrected chi connectivity index (χ1v) is 7.91. The number of rotatable bonds is 5. The predicted molar refractivity (Wildman–Crippen MR) is 89.4 cm³/mol. The number of amides is 1. The van der Waals surface area contributed by atoms with Crippen molar-refractivity contribution >= 4 is 11.6 Å². The van der Waals surface area contributed by atoms with Crippen LogP contribution in [0.3, 0.4) is 0 Å². The van der Waals surface area contributed by atoms with Crippen LogP contribution in [0.4, 0.5) is 5.69 Å². The number of ether oxygens (including phenoxy) is 2. The molecule has 0 bridgehead atoms. The van der Waals surface area contributed by atoms with Gasteiger partial charge in [0.25, 0.3) is 0 Å². The van der Waals surface area contributed by atoms with Crippen molar-refractivity contribution in [3.8, 4) is 5.75 Å². The van der Waals surface area contributed by atoms with Crippen LogP contribution in [-0.2, 0) is 22.6 Å². The third-order valence-corrected chi connectivity index (χ3v) is 4.27. The molecule has 1 aromatic carbocycles. The van der Waals surface area contributed by atoms with Crippen molar-refractivity contribution in [2.45, 2.75) is 32.0 Å². The Hall–Kier alpha value is -2.27. The maximum Gasteiger partial charge on any atom is 0.248 e. The van der Waals surface area contributed by atoms with E-state index in [9.17, 15) is 4.79 Å². The summed E-state index contributed by atoms with van der Waals surface area (Å²) in [6.45, 7) is 1.52. The van der Waals surface area contributed by atoms with E-state index in [0.29, 0.717) is 18.6 Å². The molecule has 1 aliphatic carbocycles. The Kier molecular flexibility index (Phi) is 4.67. The summed E-state index contributed by atoms with van der Waals surface area (Å²) in [4.78, 5) is 11.1. The molecular formula is C18H22N2O3. The van der Waals surface area contributed by atoms with E-state index in [2.05, 4.69) is 5.32 Å². The van der Waals surface area contributed by atoms with Gasteiger partial charge in [0.05, 0.1) is 19.8 Å². The van der Waals surface area contributed by atoms with Crippen LogP contribution >= 0.6 is 0 Å². The molecule has 23 heavy (non-hydrogen) atoms. The fraction of sp³-hybridized carbons (Fsp3) is 0.389. The van der Waals surface area contributed by atoms with Gasteiger partial charge in [-0.3, -0.25) is 4.79 Å². The topological polar surface area (TPSA) is 73.6 Å². The maximum absolute atomic E-state index is 11.1. The summed E-state index contributed by atoms with van der Waals surface area (Å²) in [6.07, 6.45) is 8.27. The number of carbonyl (C=O) groups is 1. The summed E-state index contributed by atoms with van der Waals surface area (Å²) in [5, 5.41) is 3.42. The standard InChI is InChI=1S/C18H22N2O3/c1-22-15-9-13(16-3-2-8-20-17(16)10-15)11-23-14-6-4-12(5-7-14)18(19)21/h4-6,9-10,14,20H,2-3,7-8,11H2,1H3,(H2,19,21). The normalized spacial score (nSPS) is 19.5. The van der Waals surface area contributed by atoms with Gasteiger partial charge in [-0.15, -0.1) is 0 Å². The molecule has 3 N–H and O–H groups in total. The zero-order chi connectivity index (χ0) is 16.2. The largest absolute Gasteiger partial charge is 0.497 e. The molecule has 0 saturated carbocycles. The highest BCUT2D eigenvalue weighted by atomic mass is 16.5. The van der Waals surface area contributed by atoms with Crippen LogP contribution in [0.2, 0.25) is 0 Å². The van der Waals surface area contributed by atoms with E-state index in [1.54, 1.807) is 13.2 Å². The van der Waals surface area contributed by atoms with Crippen molar-refractivity contribution in [2.75, 3.05) is 19.0 Å². The van der Waals surface area contributed by atoms with Gasteiger partial charge < -0.3 is 20.5 Å². The molecular weight excluding hydrogens is 292 g/mol. The van der Waals surface area contributed by atoms with Gasteiger partial charge in [0.1, 0.15) is 5.75 Å². The van der Waals surface area contributed by atoms with E-state index in [0.717, 1.165) is 36.4 Å². The fourth-order valence-electron chi connectivity index (χ4n) is 2.99. The second kappa shape index (κ2) is 6.87. The van der Waals surface area contributed by atoms with Gasteiger partial charge in [-0.05, 0) is 36.5 Å². The number of hydrogen-bond donors (Lipinski definition) is 2. The van der Waals surface area contributed by atoms with Gasteiger partial charge in [0.2, 0.25) is 5.91 Å². The average molecular weight is 314 g/mol. The van der Waals surface area contributed by atoms with Gasteiger partial charge in [-0.2, -0.15) is 0 Å². The molecule has 5 heteroatoms. The van der Waals surface area contributed by atoms with Gasteiger partial charge >= 0.3 is 0 Å². The van der Waals surface area contributed by atoms with Crippen LogP contribution in [0.1, 0.15) is 24.0 Å². The minimum Gasteiger partial charge on any atom is -0.497 e. The zero-order valence-corrected chi connectivity index (χ0v) is 13.3. The van der Waals surface area contributed by atoms with Crippen LogP contribution in [0.5, 0.6) is 5.75 Å². The van der Waals surface area contributed by atoms with E-state index < -0.39 is 5.91 Å². The molecule has 1 aromatic rings. The van der Waals surface area contributed by atoms with Crippen molar-refractivity contribution < 1.29 is 14.3 Å². The number of methoxy groups -OCH3 is 1. The van der Waals surface area contributed by atoms with Crippen molar-refractivity contribution in [2.24, 2.45) is 5.73 Å². The molecule has 1 unspecified atom stereocenters. The molecule has 0 fully saturated rings. The number of nitrogens with one attached hydrogen (secondary N) is 1. The quantitative estimate of drug-likeness (QED) is 0.874. The molecule has 0 radical (unpaired) electrons. The first-order valence-electron chi connectivity index (χ1n) is 7.91. The van der Waals surface area contributed by atoms with Crippen LogP contribution in [0.15, 0.2) is 35.9 Å². The van der Waals surface area contributed by atoms with E-state index in [-0.39, 0.29) is 6.10 Å². The van der Waals surface area contributed by atoms with Crippen molar-refractivity contribution in [3.63, 3.8) is 0 Å². The summed E-state index contributed by atoms with van der Waals surface area (Å²) in [6, 6.07) is 4.09. The highest BCUT2D eigenvalue weighted by Gasteiger charge is 2.17. The van der Waals surface area contributed by atoms with E-state index >= 15 is 0 Å². The van der Waals surface area contributed by atoms with Crippen LogP contribution in [0.25, 0.3) is 0 Å². The predicted octanol–water partition coefficient (Wildman–Crippen LogP) is 2.31. The van der Waals surface area contributed by atoms with E-state index in [1.165, 1.54) is 5.56 Å². The summed E-state index contributed by atoms with van der Waals surface area (Å²) in [7, 11) is 1.68. The van der Waals surface area contributed by atoms with Crippen molar-refractivity contribution in [1.82, 2.24) is 0 Å². The molecule has 5 nitrogen and oxygen atoms in total. The Morgan fingerprint density at radius 3 is 3.00 bits per heavy atom. The summed E-state index contributed by atoms with van der Waals surface area (Å²) in [5.74, 6) is 0.444. The molecule has 3 rings (SSSR count). The third-order valence-electron chi connectivity index (χ3n) is 4.27. The molecule has 122 valence electrons. The second-order valence-corrected chi connectivity index (χ2v) is 5.81. The van der Waals surface area contributed by atoms with Crippen LogP contribution in [0, 0.1) is 0 Å². The van der Waals surface area contributed by atoms with E-state index in [1.807, 2.05) is 24.3 Å².